The Morgan fingerprint density at radius 2 is 1.00 bits per heavy atom. The van der Waals surface area contributed by atoms with Gasteiger partial charge >= 0.3 is 7.25 Å². The maximum atomic E-state index is 9.75. The molecule has 0 heterocycles. The van der Waals surface area contributed by atoms with Crippen molar-refractivity contribution < 1.29 is 18.7 Å². The molecule has 0 aliphatic heterocycles. The second-order valence-electron chi connectivity index (χ2n) is 0.495. The maximum absolute atomic E-state index is 9.75. The maximum Gasteiger partial charge on any atom is 0.673 e. The van der Waals surface area contributed by atoms with Gasteiger partial charge in [0.15, 0.2) is 0 Å². The third kappa shape index (κ3) is 943. The summed E-state index contributed by atoms with van der Waals surface area (Å²) in [5, 5.41) is 0. The van der Waals surface area contributed by atoms with Crippen LogP contribution in [0.25, 0.3) is 0 Å². The Morgan fingerprint density at radius 3 is 1.00 bits per heavy atom. The lowest BCUT2D eigenvalue weighted by molar-refractivity contribution is 0.368. The Bertz CT molecular complexity index is 27.2. The van der Waals surface area contributed by atoms with Crippen molar-refractivity contribution in [1.82, 2.24) is 0 Å². The molecule has 0 aromatic carbocycles. The first-order valence-electron chi connectivity index (χ1n) is 0.873. The molecule has 0 aromatic heterocycles. The monoisotopic (exact) mass is 123 g/mol. The average molecular weight is 123 g/mol. The summed E-state index contributed by atoms with van der Waals surface area (Å²) in [6, 6.07) is 0. The van der Waals surface area contributed by atoms with Gasteiger partial charge in [-0.2, -0.15) is 0 Å². The summed E-state index contributed by atoms with van der Waals surface area (Å²) in [5.74, 6) is 0. The molecule has 0 saturated carbocycles. The van der Waals surface area contributed by atoms with Gasteiger partial charge in [0.25, 0.3) is 0 Å². The van der Waals surface area contributed by atoms with E-state index in [2.05, 4.69) is 0 Å². The zero-order chi connectivity index (χ0) is 4.50. The summed E-state index contributed by atoms with van der Waals surface area (Å²) < 4.78 is 39.0. The molecular weight excluding hydrogens is 118 g/mol. The Labute approximate surface area is 37.1 Å². The Balaban J connectivity index is -0.0000000800. The standard InChI is InChI=1S/BF4.H3P.H/c2-1(3,4)5;;/h;1H3;/q-1;;/p+1. The molecule has 0 aromatic rings. The quantitative estimate of drug-likeness (QED) is 0.258. The van der Waals surface area contributed by atoms with E-state index >= 15 is 0 Å². The van der Waals surface area contributed by atoms with E-state index in [1.807, 2.05) is 0 Å². The van der Waals surface area contributed by atoms with Crippen LogP contribution in [0.3, 0.4) is 0 Å². The van der Waals surface area contributed by atoms with Crippen LogP contribution in [0.15, 0.2) is 0 Å². The second-order valence-corrected chi connectivity index (χ2v) is 0.495. The van der Waals surface area contributed by atoms with Crippen molar-refractivity contribution >= 4 is 17.2 Å². The minimum absolute atomic E-state index is 0. The molecule has 41 valence electrons. The van der Waals surface area contributed by atoms with Gasteiger partial charge in [-0.1, -0.05) is 0 Å². The molecule has 0 amide bonds. The molecule has 0 fully saturated rings. The molecule has 0 saturated heterocycles. The molecular formula is H5BF4P. The van der Waals surface area contributed by atoms with E-state index in [9.17, 15) is 17.3 Å². The summed E-state index contributed by atoms with van der Waals surface area (Å²) in [6.45, 7) is 0. The van der Waals surface area contributed by atoms with Crippen molar-refractivity contribution in [2.45, 2.75) is 0 Å². The van der Waals surface area contributed by atoms with E-state index in [0.717, 1.165) is 0 Å². The van der Waals surface area contributed by atoms with Crippen molar-refractivity contribution in [2.75, 3.05) is 0 Å². The minimum Gasteiger partial charge on any atom is -0.418 e. The number of halogens is 4. The fraction of sp³-hybridized carbons (Fsp3) is 0. The van der Waals surface area contributed by atoms with Crippen LogP contribution in [0.4, 0.5) is 17.3 Å². The van der Waals surface area contributed by atoms with Gasteiger partial charge in [0, 0.05) is 1.43 Å². The highest BCUT2D eigenvalue weighted by molar-refractivity contribution is 6.92. The Hall–Kier alpha value is 0.215. The van der Waals surface area contributed by atoms with Gasteiger partial charge < -0.3 is 17.3 Å². The van der Waals surface area contributed by atoms with E-state index < -0.39 is 7.25 Å². The summed E-state index contributed by atoms with van der Waals surface area (Å²) in [7, 11) is -6.00. The molecule has 6 heteroatoms. The number of hydrogen-bond donors (Lipinski definition) is 0. The third-order valence-electron chi connectivity index (χ3n) is 0. The lowest BCUT2D eigenvalue weighted by Crippen LogP contribution is -2.02. The van der Waals surface area contributed by atoms with Crippen LogP contribution in [0.1, 0.15) is 1.43 Å². The van der Waals surface area contributed by atoms with Gasteiger partial charge in [-0.05, 0) is 9.90 Å². The smallest absolute Gasteiger partial charge is 0.418 e. The normalized spacial score (nSPS) is 10.0. The van der Waals surface area contributed by atoms with Gasteiger partial charge in [0.2, 0.25) is 0 Å². The van der Waals surface area contributed by atoms with E-state index in [0.29, 0.717) is 0 Å². The number of rotatable bonds is 0. The highest BCUT2D eigenvalue weighted by atomic mass is 31.0. The third-order valence-corrected chi connectivity index (χ3v) is 0. The van der Waals surface area contributed by atoms with E-state index in [4.69, 9.17) is 0 Å². The summed E-state index contributed by atoms with van der Waals surface area (Å²) >= 11 is 0. The first-order valence-corrected chi connectivity index (χ1v) is 0.873. The summed E-state index contributed by atoms with van der Waals surface area (Å²) in [6.07, 6.45) is 0. The second kappa shape index (κ2) is 2.40. The lowest BCUT2D eigenvalue weighted by Gasteiger charge is -1.94. The van der Waals surface area contributed by atoms with Crippen LogP contribution in [0.5, 0.6) is 0 Å². The highest BCUT2D eigenvalue weighted by Crippen LogP contribution is 2.06. The summed E-state index contributed by atoms with van der Waals surface area (Å²) in [4.78, 5) is 0. The van der Waals surface area contributed by atoms with Crippen molar-refractivity contribution in [3.63, 3.8) is 0 Å². The summed E-state index contributed by atoms with van der Waals surface area (Å²) in [5.41, 5.74) is 0. The van der Waals surface area contributed by atoms with Crippen LogP contribution in [-0.4, -0.2) is 7.25 Å². The van der Waals surface area contributed by atoms with Crippen molar-refractivity contribution in [1.29, 1.82) is 0 Å². The minimum atomic E-state index is -6.00. The topological polar surface area (TPSA) is 0 Å². The molecule has 1 radical (unpaired) electrons. The predicted molar refractivity (Wildman–Crippen MR) is 23.8 cm³/mol. The average Bonchev–Trinajstić information content (AvgIpc) is 0.722. The largest absolute Gasteiger partial charge is 0.673 e. The first kappa shape index (κ1) is 9.51. The molecule has 0 aliphatic rings. The fourth-order valence-electron chi connectivity index (χ4n) is 0. The molecule has 0 aliphatic carbocycles. The fourth-order valence-corrected chi connectivity index (χ4v) is 0. The zero-order valence-corrected chi connectivity index (χ0v) is 5.09. The Kier molecular flexibility index (Phi) is 3.80. The molecule has 0 bridgehead atoms. The van der Waals surface area contributed by atoms with Crippen LogP contribution >= 0.6 is 9.90 Å². The molecule has 0 rings (SSSR count). The molecule has 0 N–H and O–H groups in total. The lowest BCUT2D eigenvalue weighted by atomic mass is 10.3. The van der Waals surface area contributed by atoms with E-state index in [1.54, 1.807) is 0 Å². The van der Waals surface area contributed by atoms with Gasteiger partial charge in [-0.3, -0.25) is 0 Å². The van der Waals surface area contributed by atoms with Crippen molar-refractivity contribution in [3.05, 3.63) is 0 Å². The van der Waals surface area contributed by atoms with Gasteiger partial charge in [0.1, 0.15) is 0 Å². The molecule has 0 nitrogen and oxygen atoms in total. The van der Waals surface area contributed by atoms with Gasteiger partial charge in [0.05, 0.1) is 0 Å². The van der Waals surface area contributed by atoms with Gasteiger partial charge in [-0.25, -0.2) is 0 Å². The zero-order valence-electron chi connectivity index (χ0n) is 4.09. The van der Waals surface area contributed by atoms with Crippen LogP contribution < -0.4 is 0 Å². The first-order chi connectivity index (χ1) is 2.00. The SMILES string of the molecule is F[B-](F)(F)F.[H].[PH4+]. The predicted octanol–water partition coefficient (Wildman–Crippen LogP) is 1.20. The number of hydrogen-bond acceptors (Lipinski definition) is 0. The Morgan fingerprint density at radius 1 is 1.00 bits per heavy atom. The van der Waals surface area contributed by atoms with Crippen LogP contribution in [0.2, 0.25) is 0 Å². The molecule has 1 unspecified atom stereocenters. The van der Waals surface area contributed by atoms with Crippen LogP contribution in [0, 0.1) is 0 Å². The van der Waals surface area contributed by atoms with E-state index in [1.165, 1.54) is 0 Å². The van der Waals surface area contributed by atoms with E-state index in [-0.39, 0.29) is 11.3 Å². The van der Waals surface area contributed by atoms with Crippen molar-refractivity contribution in [3.8, 4) is 0 Å². The van der Waals surface area contributed by atoms with Crippen LogP contribution in [-0.2, 0) is 0 Å². The molecule has 1 atom stereocenters. The highest BCUT2D eigenvalue weighted by Gasteiger charge is 2.20. The molecule has 6 heavy (non-hydrogen) atoms. The molecule has 0 spiro atoms. The van der Waals surface area contributed by atoms with Crippen molar-refractivity contribution in [2.24, 2.45) is 0 Å². The van der Waals surface area contributed by atoms with Gasteiger partial charge in [-0.15, -0.1) is 0 Å².